The summed E-state index contributed by atoms with van der Waals surface area (Å²) in [5.41, 5.74) is 2.31. The van der Waals surface area contributed by atoms with Crippen molar-refractivity contribution in [1.82, 2.24) is 0 Å². The van der Waals surface area contributed by atoms with Crippen LogP contribution in [-0.4, -0.2) is 5.78 Å². The van der Waals surface area contributed by atoms with Crippen LogP contribution in [0.25, 0.3) is 0 Å². The lowest BCUT2D eigenvalue weighted by Crippen LogP contribution is -2.51. The Hall–Kier alpha value is -0.590. The zero-order valence-electron chi connectivity index (χ0n) is 19.2. The second kappa shape index (κ2) is 7.59. The quantitative estimate of drug-likeness (QED) is 0.477. The monoisotopic (exact) mass is 384 g/mol. The first kappa shape index (κ1) is 20.7. The average molecular weight is 385 g/mol. The van der Waals surface area contributed by atoms with Gasteiger partial charge in [0.15, 0.2) is 5.78 Å². The third kappa shape index (κ3) is 3.24. The molecule has 0 aromatic rings. The largest absolute Gasteiger partial charge is 0.295 e. The molecule has 4 aliphatic carbocycles. The lowest BCUT2D eigenvalue weighted by Gasteiger charge is -2.59. The van der Waals surface area contributed by atoms with Crippen LogP contribution in [0.4, 0.5) is 0 Å². The molecule has 1 heteroatoms. The van der Waals surface area contributed by atoms with Gasteiger partial charge in [-0.3, -0.25) is 4.79 Å². The molecule has 0 saturated heterocycles. The fourth-order valence-electron chi connectivity index (χ4n) is 8.45. The average Bonchev–Trinajstić information content (AvgIpc) is 2.91. The second-order valence-corrected chi connectivity index (χ2v) is 12.0. The molecule has 0 heterocycles. The summed E-state index contributed by atoms with van der Waals surface area (Å²) in [7, 11) is 0. The molecule has 0 aliphatic heterocycles. The Labute approximate surface area is 174 Å². The van der Waals surface area contributed by atoms with Crippen molar-refractivity contribution in [1.29, 1.82) is 0 Å². The van der Waals surface area contributed by atoms with Gasteiger partial charge in [-0.25, -0.2) is 0 Å². The minimum Gasteiger partial charge on any atom is -0.295 e. The summed E-state index contributed by atoms with van der Waals surface area (Å²) in [4.78, 5) is 13.2. The van der Waals surface area contributed by atoms with Gasteiger partial charge >= 0.3 is 0 Å². The Morgan fingerprint density at radius 1 is 1.00 bits per heavy atom. The topological polar surface area (TPSA) is 17.1 Å². The van der Waals surface area contributed by atoms with Crippen molar-refractivity contribution in [3.63, 3.8) is 0 Å². The van der Waals surface area contributed by atoms with Crippen molar-refractivity contribution < 1.29 is 4.79 Å². The van der Waals surface area contributed by atoms with E-state index in [2.05, 4.69) is 40.7 Å². The molecule has 1 nitrogen and oxygen atoms in total. The van der Waals surface area contributed by atoms with Gasteiger partial charge in [0, 0.05) is 5.92 Å². The minimum atomic E-state index is 0.160. The molecule has 0 aromatic carbocycles. The van der Waals surface area contributed by atoms with E-state index in [1.165, 1.54) is 70.6 Å². The van der Waals surface area contributed by atoms with Crippen LogP contribution in [0, 0.1) is 46.3 Å². The predicted octanol–water partition coefficient (Wildman–Crippen LogP) is 7.60. The van der Waals surface area contributed by atoms with E-state index in [4.69, 9.17) is 0 Å². The number of ketones is 1. The highest BCUT2D eigenvalue weighted by Gasteiger charge is 2.59. The summed E-state index contributed by atoms with van der Waals surface area (Å²) in [5, 5.41) is 0. The molecule has 4 aliphatic rings. The highest BCUT2D eigenvalue weighted by Crippen LogP contribution is 2.66. The van der Waals surface area contributed by atoms with Crippen LogP contribution in [0.3, 0.4) is 0 Å². The van der Waals surface area contributed by atoms with Crippen molar-refractivity contribution in [3.05, 3.63) is 11.6 Å². The van der Waals surface area contributed by atoms with Gasteiger partial charge in [-0.2, -0.15) is 0 Å². The van der Waals surface area contributed by atoms with Gasteiger partial charge in [-0.1, -0.05) is 65.9 Å². The Morgan fingerprint density at radius 3 is 2.54 bits per heavy atom. The molecule has 4 rings (SSSR count). The van der Waals surface area contributed by atoms with Crippen LogP contribution in [0.15, 0.2) is 11.6 Å². The third-order valence-electron chi connectivity index (χ3n) is 9.94. The van der Waals surface area contributed by atoms with Gasteiger partial charge in [0.25, 0.3) is 0 Å². The number of rotatable bonds is 5. The van der Waals surface area contributed by atoms with Crippen LogP contribution in [0.5, 0.6) is 0 Å². The number of carbonyl (C=O) groups excluding carboxylic acids is 1. The lowest BCUT2D eigenvalue weighted by atomic mass is 9.45. The van der Waals surface area contributed by atoms with Crippen LogP contribution >= 0.6 is 0 Å². The third-order valence-corrected chi connectivity index (χ3v) is 9.94. The molecule has 0 bridgehead atoms. The summed E-state index contributed by atoms with van der Waals surface area (Å²) < 4.78 is 0. The summed E-state index contributed by atoms with van der Waals surface area (Å²) in [5.74, 6) is 4.54. The normalized spacial score (nSPS) is 43.9. The van der Waals surface area contributed by atoms with Gasteiger partial charge < -0.3 is 0 Å². The van der Waals surface area contributed by atoms with E-state index in [0.717, 1.165) is 17.8 Å². The Morgan fingerprint density at radius 2 is 1.79 bits per heavy atom. The van der Waals surface area contributed by atoms with E-state index < -0.39 is 0 Å². The van der Waals surface area contributed by atoms with Gasteiger partial charge in [0.2, 0.25) is 0 Å². The molecule has 7 atom stereocenters. The van der Waals surface area contributed by atoms with Gasteiger partial charge in [-0.05, 0) is 91.4 Å². The van der Waals surface area contributed by atoms with Gasteiger partial charge in [-0.15, -0.1) is 0 Å². The van der Waals surface area contributed by atoms with Crippen molar-refractivity contribution in [2.24, 2.45) is 46.3 Å². The summed E-state index contributed by atoms with van der Waals surface area (Å²) in [6.07, 6.45) is 17.1. The maximum atomic E-state index is 13.2. The fourth-order valence-corrected chi connectivity index (χ4v) is 8.45. The first-order valence-electron chi connectivity index (χ1n) is 12.5. The molecule has 0 N–H and O–H groups in total. The van der Waals surface area contributed by atoms with E-state index >= 15 is 0 Å². The SMILES string of the molecule is CC(C)CCC[C@@H](C)[C@H]1C(=O)C=C2[C@@H]3CCC4CCCC[C@]4(C)[C@H]3CC[C@@]21C. The van der Waals surface area contributed by atoms with Crippen molar-refractivity contribution in [2.45, 2.75) is 105 Å². The van der Waals surface area contributed by atoms with E-state index in [1.807, 2.05) is 0 Å². The van der Waals surface area contributed by atoms with Crippen molar-refractivity contribution >= 4 is 5.78 Å². The molecule has 0 amide bonds. The fraction of sp³-hybridized carbons (Fsp3) is 0.889. The van der Waals surface area contributed by atoms with Crippen molar-refractivity contribution in [3.8, 4) is 0 Å². The summed E-state index contributed by atoms with van der Waals surface area (Å²) in [6, 6.07) is 0. The molecule has 3 fully saturated rings. The number of allylic oxidation sites excluding steroid dienone is 2. The molecule has 158 valence electrons. The van der Waals surface area contributed by atoms with Crippen LogP contribution < -0.4 is 0 Å². The first-order valence-corrected chi connectivity index (χ1v) is 12.5. The van der Waals surface area contributed by atoms with E-state index in [1.54, 1.807) is 5.57 Å². The van der Waals surface area contributed by atoms with E-state index in [0.29, 0.717) is 23.0 Å². The molecule has 3 saturated carbocycles. The smallest absolute Gasteiger partial charge is 0.159 e. The van der Waals surface area contributed by atoms with Gasteiger partial charge in [0.1, 0.15) is 0 Å². The van der Waals surface area contributed by atoms with Crippen LogP contribution in [0.2, 0.25) is 0 Å². The number of fused-ring (bicyclic) bond motifs is 5. The molecule has 0 aromatic heterocycles. The van der Waals surface area contributed by atoms with E-state index in [-0.39, 0.29) is 11.3 Å². The van der Waals surface area contributed by atoms with Crippen LogP contribution in [0.1, 0.15) is 105 Å². The van der Waals surface area contributed by atoms with Crippen LogP contribution in [-0.2, 0) is 4.79 Å². The first-order chi connectivity index (χ1) is 13.3. The highest BCUT2D eigenvalue weighted by atomic mass is 16.1. The Balaban J connectivity index is 1.53. The molecule has 0 radical (unpaired) electrons. The summed E-state index contributed by atoms with van der Waals surface area (Å²) in [6.45, 7) is 12.1. The Bertz CT molecular complexity index is 630. The second-order valence-electron chi connectivity index (χ2n) is 12.0. The molecular weight excluding hydrogens is 340 g/mol. The predicted molar refractivity (Wildman–Crippen MR) is 118 cm³/mol. The number of carbonyl (C=O) groups is 1. The number of hydrogen-bond donors (Lipinski definition) is 0. The minimum absolute atomic E-state index is 0.160. The maximum Gasteiger partial charge on any atom is 0.159 e. The highest BCUT2D eigenvalue weighted by molar-refractivity contribution is 5.97. The number of hydrogen-bond acceptors (Lipinski definition) is 1. The molecular formula is C27H44O. The zero-order valence-corrected chi connectivity index (χ0v) is 19.2. The van der Waals surface area contributed by atoms with Gasteiger partial charge in [0.05, 0.1) is 0 Å². The molecule has 0 spiro atoms. The molecule has 28 heavy (non-hydrogen) atoms. The zero-order chi connectivity index (χ0) is 20.1. The Kier molecular flexibility index (Phi) is 5.60. The maximum absolute atomic E-state index is 13.2. The van der Waals surface area contributed by atoms with E-state index in [9.17, 15) is 4.79 Å². The van der Waals surface area contributed by atoms with Crippen molar-refractivity contribution in [2.75, 3.05) is 0 Å². The standard InChI is InChI=1S/C27H44O/c1-18(2)9-8-10-19(3)25-24(28)17-23-21-13-12-20-11-6-7-15-26(20,4)22(21)14-16-27(23,25)5/h17-22,25H,6-16H2,1-5H3/t19-,20?,21-,22+,25+,26+,27+/m1/s1. The summed E-state index contributed by atoms with van der Waals surface area (Å²) >= 11 is 0. The lowest BCUT2D eigenvalue weighted by molar-refractivity contribution is -0.123. The molecule has 1 unspecified atom stereocenters.